The van der Waals surface area contributed by atoms with Crippen molar-refractivity contribution in [2.24, 2.45) is 7.05 Å². The molecule has 0 radical (unpaired) electrons. The molecule has 1 aliphatic rings. The lowest BCUT2D eigenvalue weighted by Crippen LogP contribution is -2.44. The number of hydrogen-bond donors (Lipinski definition) is 2. The van der Waals surface area contributed by atoms with Gasteiger partial charge in [0.2, 0.25) is 0 Å². The summed E-state index contributed by atoms with van der Waals surface area (Å²) in [7, 11) is 3.12. The fourth-order valence-corrected chi connectivity index (χ4v) is 3.02. The lowest BCUT2D eigenvalue weighted by Gasteiger charge is -2.35. The zero-order chi connectivity index (χ0) is 18.7. The van der Waals surface area contributed by atoms with Crippen molar-refractivity contribution in [1.29, 1.82) is 0 Å². The van der Waals surface area contributed by atoms with Gasteiger partial charge in [0, 0.05) is 38.7 Å². The molecule has 1 fully saturated rings. The second-order valence-corrected chi connectivity index (χ2v) is 6.30. The monoisotopic (exact) mass is 362 g/mol. The summed E-state index contributed by atoms with van der Waals surface area (Å²) in [6.45, 7) is 0.898. The predicted molar refractivity (Wildman–Crippen MR) is 90.5 cm³/mol. The van der Waals surface area contributed by atoms with Gasteiger partial charge in [-0.25, -0.2) is 4.68 Å². The summed E-state index contributed by atoms with van der Waals surface area (Å²) in [5.41, 5.74) is -0.0540. The normalized spacial score (nSPS) is 19.2. The summed E-state index contributed by atoms with van der Waals surface area (Å²) in [4.78, 5) is 23.6. The fraction of sp³-hybridized carbons (Fsp3) is 0.562. The maximum atomic E-state index is 12.2. The summed E-state index contributed by atoms with van der Waals surface area (Å²) < 4.78 is 8.10. The molecule has 10 heteroatoms. The van der Waals surface area contributed by atoms with E-state index in [2.05, 4.69) is 20.6 Å². The topological polar surface area (TPSA) is 124 Å². The molecule has 0 spiro atoms. The molecule has 2 N–H and O–H groups in total. The van der Waals surface area contributed by atoms with Crippen LogP contribution in [0.5, 0.6) is 0 Å². The molecular weight excluding hydrogens is 340 g/mol. The largest absolute Gasteiger partial charge is 0.388 e. The van der Waals surface area contributed by atoms with Crippen molar-refractivity contribution in [3.63, 3.8) is 0 Å². The van der Waals surface area contributed by atoms with Crippen LogP contribution < -0.4 is 10.9 Å². The number of aliphatic hydroxyl groups is 1. The van der Waals surface area contributed by atoms with Crippen molar-refractivity contribution in [3.8, 4) is 0 Å². The van der Waals surface area contributed by atoms with Gasteiger partial charge >= 0.3 is 0 Å². The Balaban J connectivity index is 1.60. The van der Waals surface area contributed by atoms with E-state index in [4.69, 9.17) is 4.74 Å². The molecule has 1 saturated carbocycles. The van der Waals surface area contributed by atoms with Crippen LogP contribution in [-0.4, -0.2) is 55.3 Å². The van der Waals surface area contributed by atoms with E-state index in [1.165, 1.54) is 19.2 Å². The Labute approximate surface area is 149 Å². The Bertz CT molecular complexity index is 840. The summed E-state index contributed by atoms with van der Waals surface area (Å²) in [6, 6.07) is 2.75. The van der Waals surface area contributed by atoms with Gasteiger partial charge in [0.05, 0.1) is 6.61 Å². The molecule has 0 aromatic carbocycles. The van der Waals surface area contributed by atoms with Gasteiger partial charge in [-0.1, -0.05) is 0 Å². The number of nitrogens with one attached hydrogen (secondary N) is 1. The molecule has 1 aliphatic carbocycles. The van der Waals surface area contributed by atoms with E-state index >= 15 is 0 Å². The van der Waals surface area contributed by atoms with Gasteiger partial charge in [-0.05, 0) is 18.9 Å². The van der Waals surface area contributed by atoms with E-state index in [1.54, 1.807) is 7.11 Å². The summed E-state index contributed by atoms with van der Waals surface area (Å²) in [5, 5.41) is 24.5. The fourth-order valence-electron chi connectivity index (χ4n) is 3.02. The Morgan fingerprint density at radius 2 is 2.15 bits per heavy atom. The van der Waals surface area contributed by atoms with Crippen molar-refractivity contribution >= 4 is 5.91 Å². The van der Waals surface area contributed by atoms with Gasteiger partial charge in [0.15, 0.2) is 5.82 Å². The summed E-state index contributed by atoms with van der Waals surface area (Å²) >= 11 is 0. The molecule has 2 aromatic heterocycles. The molecule has 0 bridgehead atoms. The first kappa shape index (κ1) is 18.2. The highest BCUT2D eigenvalue weighted by Gasteiger charge is 2.35. The number of nitrogens with zero attached hydrogens (tertiary/aromatic N) is 5. The number of aromatic nitrogens is 5. The molecule has 10 nitrogen and oxygen atoms in total. The minimum absolute atomic E-state index is 0.0108. The van der Waals surface area contributed by atoms with Crippen LogP contribution in [0.2, 0.25) is 0 Å². The molecule has 2 aromatic rings. The Morgan fingerprint density at radius 3 is 2.81 bits per heavy atom. The number of amides is 1. The van der Waals surface area contributed by atoms with Crippen LogP contribution in [0.25, 0.3) is 0 Å². The van der Waals surface area contributed by atoms with Crippen molar-refractivity contribution in [2.75, 3.05) is 13.7 Å². The van der Waals surface area contributed by atoms with E-state index in [1.807, 2.05) is 4.57 Å². The second kappa shape index (κ2) is 7.75. The lowest BCUT2D eigenvalue weighted by atomic mass is 9.79. The second-order valence-electron chi connectivity index (χ2n) is 6.30. The maximum absolute atomic E-state index is 12.2. The van der Waals surface area contributed by atoms with E-state index in [9.17, 15) is 14.7 Å². The summed E-state index contributed by atoms with van der Waals surface area (Å²) in [6.07, 6.45) is 1.46. The number of aryl methyl sites for hydroxylation is 1. The van der Waals surface area contributed by atoms with Crippen LogP contribution in [0.1, 0.15) is 40.9 Å². The van der Waals surface area contributed by atoms with Crippen LogP contribution in [0.3, 0.4) is 0 Å². The average molecular weight is 362 g/mol. The third kappa shape index (κ3) is 3.65. The number of methoxy groups -OCH3 is 1. The van der Waals surface area contributed by atoms with Gasteiger partial charge in [-0.2, -0.15) is 5.10 Å². The first-order chi connectivity index (χ1) is 12.5. The van der Waals surface area contributed by atoms with E-state index in [0.717, 1.165) is 23.3 Å². The molecule has 0 saturated heterocycles. The van der Waals surface area contributed by atoms with Gasteiger partial charge < -0.3 is 19.7 Å². The Morgan fingerprint density at radius 1 is 1.38 bits per heavy atom. The quantitative estimate of drug-likeness (QED) is 0.660. The Kier molecular flexibility index (Phi) is 5.43. The number of ether oxygens (including phenoxy) is 1. The number of carbonyl (C=O) groups excluding carboxylic acids is 1. The highest BCUT2D eigenvalue weighted by molar-refractivity contribution is 5.92. The van der Waals surface area contributed by atoms with Gasteiger partial charge in [0.25, 0.3) is 11.5 Å². The predicted octanol–water partition coefficient (Wildman–Crippen LogP) is -0.813. The SMILES string of the molecule is COCCn1c(CO)nnc1C1CC(NC(=O)c2ccc(=O)n(C)n2)C1. The molecular formula is C16H22N6O4. The van der Waals surface area contributed by atoms with Crippen molar-refractivity contribution < 1.29 is 14.6 Å². The van der Waals surface area contributed by atoms with E-state index < -0.39 is 0 Å². The highest BCUT2D eigenvalue weighted by Crippen LogP contribution is 2.36. The molecule has 0 unspecified atom stereocenters. The zero-order valence-corrected chi connectivity index (χ0v) is 14.8. The standard InChI is InChI=1S/C16H22N6O4/c1-21-14(24)4-3-12(20-21)16(25)17-11-7-10(8-11)15-19-18-13(9-23)22(15)5-6-26-2/h3-4,10-11,23H,5-9H2,1-2H3,(H,17,25). The van der Waals surface area contributed by atoms with Crippen LogP contribution in [0, 0.1) is 0 Å². The molecule has 140 valence electrons. The molecule has 3 rings (SSSR count). The molecule has 0 atom stereocenters. The van der Waals surface area contributed by atoms with Crippen molar-refractivity contribution in [1.82, 2.24) is 29.9 Å². The minimum Gasteiger partial charge on any atom is -0.388 e. The highest BCUT2D eigenvalue weighted by atomic mass is 16.5. The first-order valence-electron chi connectivity index (χ1n) is 8.40. The molecule has 2 heterocycles. The summed E-state index contributed by atoms with van der Waals surface area (Å²) in [5.74, 6) is 1.18. The van der Waals surface area contributed by atoms with Crippen molar-refractivity contribution in [2.45, 2.75) is 38.0 Å². The van der Waals surface area contributed by atoms with Gasteiger partial charge in [-0.15, -0.1) is 10.2 Å². The van der Waals surface area contributed by atoms with Crippen LogP contribution in [0.4, 0.5) is 0 Å². The van der Waals surface area contributed by atoms with Crippen LogP contribution in [-0.2, 0) is 24.9 Å². The average Bonchev–Trinajstić information content (AvgIpc) is 3.00. The third-order valence-corrected chi connectivity index (χ3v) is 4.55. The van der Waals surface area contributed by atoms with Crippen molar-refractivity contribution in [3.05, 3.63) is 39.8 Å². The van der Waals surface area contributed by atoms with Gasteiger partial charge in [-0.3, -0.25) is 9.59 Å². The van der Waals surface area contributed by atoms with Crippen LogP contribution in [0.15, 0.2) is 16.9 Å². The number of hydrogen-bond acceptors (Lipinski definition) is 7. The number of carbonyl (C=O) groups is 1. The first-order valence-corrected chi connectivity index (χ1v) is 8.40. The zero-order valence-electron chi connectivity index (χ0n) is 14.8. The smallest absolute Gasteiger partial charge is 0.271 e. The third-order valence-electron chi connectivity index (χ3n) is 4.55. The van der Waals surface area contributed by atoms with E-state index in [-0.39, 0.29) is 35.7 Å². The van der Waals surface area contributed by atoms with Crippen LogP contribution >= 0.6 is 0 Å². The number of aliphatic hydroxyl groups excluding tert-OH is 1. The maximum Gasteiger partial charge on any atom is 0.271 e. The molecule has 26 heavy (non-hydrogen) atoms. The minimum atomic E-state index is -0.305. The molecule has 0 aliphatic heterocycles. The Hall–Kier alpha value is -2.59. The number of rotatable bonds is 7. The van der Waals surface area contributed by atoms with Gasteiger partial charge in [0.1, 0.15) is 18.1 Å². The lowest BCUT2D eigenvalue weighted by molar-refractivity contribution is 0.0898. The molecule has 1 amide bonds. The van der Waals surface area contributed by atoms with E-state index in [0.29, 0.717) is 19.0 Å².